The normalized spacial score (nSPS) is 13.9. The summed E-state index contributed by atoms with van der Waals surface area (Å²) >= 11 is 0. The molecule has 1 rings (SSSR count). The summed E-state index contributed by atoms with van der Waals surface area (Å²) in [6.07, 6.45) is -0.515. The van der Waals surface area contributed by atoms with Crippen LogP contribution in [0.2, 0.25) is 0 Å². The molecule has 7 nitrogen and oxygen atoms in total. The van der Waals surface area contributed by atoms with Crippen LogP contribution < -0.4 is 19.7 Å². The summed E-state index contributed by atoms with van der Waals surface area (Å²) in [4.78, 5) is 9.24. The second kappa shape index (κ2) is 5.27. The number of hydrogen-bond acceptors (Lipinski definition) is 6. The predicted molar refractivity (Wildman–Crippen MR) is 60.7 cm³/mol. The molecular weight excluding hydrogens is 249 g/mol. The van der Waals surface area contributed by atoms with E-state index in [4.69, 9.17) is 19.7 Å². The third-order valence-corrected chi connectivity index (χ3v) is 2.89. The van der Waals surface area contributed by atoms with Crippen LogP contribution in [0.3, 0.4) is 0 Å². The van der Waals surface area contributed by atoms with E-state index in [0.717, 1.165) is 0 Å². The minimum absolute atomic E-state index is 0.0211. The van der Waals surface area contributed by atoms with Gasteiger partial charge in [0.25, 0.3) is 0 Å². The molecule has 0 spiro atoms. The average Bonchev–Trinajstić information content (AvgIpc) is 2.30. The molecule has 0 amide bonds. The van der Waals surface area contributed by atoms with Crippen molar-refractivity contribution >= 4 is 7.60 Å². The zero-order valence-corrected chi connectivity index (χ0v) is 10.3. The highest BCUT2D eigenvalue weighted by atomic mass is 31.2. The molecule has 0 bridgehead atoms. The maximum Gasteiger partial charge on any atom is 0.390 e. The van der Waals surface area contributed by atoms with Crippen molar-refractivity contribution in [2.45, 2.75) is 0 Å². The summed E-state index contributed by atoms with van der Waals surface area (Å²) in [7, 11) is -1.22. The molecule has 8 heteroatoms. The van der Waals surface area contributed by atoms with Crippen molar-refractivity contribution in [3.63, 3.8) is 0 Å². The van der Waals surface area contributed by atoms with Crippen LogP contribution in [0.15, 0.2) is 12.1 Å². The Morgan fingerprint density at radius 3 is 2.12 bits per heavy atom. The van der Waals surface area contributed by atoms with Gasteiger partial charge in [0.05, 0.1) is 14.2 Å². The first-order valence-corrected chi connectivity index (χ1v) is 6.36. The summed E-state index contributed by atoms with van der Waals surface area (Å²) in [5.41, 5.74) is 5.08. The van der Waals surface area contributed by atoms with Gasteiger partial charge in [-0.05, 0) is 0 Å². The fourth-order valence-corrected chi connectivity index (χ4v) is 1.63. The van der Waals surface area contributed by atoms with Crippen LogP contribution in [0.4, 0.5) is 0 Å². The van der Waals surface area contributed by atoms with Crippen molar-refractivity contribution in [2.75, 3.05) is 20.5 Å². The summed E-state index contributed by atoms with van der Waals surface area (Å²) in [6.45, 7) is 0. The predicted octanol–water partition coefficient (Wildman–Crippen LogP) is 0.890. The van der Waals surface area contributed by atoms with Crippen molar-refractivity contribution < 1.29 is 28.6 Å². The fourth-order valence-electron chi connectivity index (χ4n) is 1.12. The van der Waals surface area contributed by atoms with E-state index in [-0.39, 0.29) is 23.0 Å². The van der Waals surface area contributed by atoms with Crippen LogP contribution in [-0.2, 0) is 4.57 Å². The van der Waals surface area contributed by atoms with Gasteiger partial charge in [0.15, 0.2) is 11.5 Å². The maximum absolute atomic E-state index is 11.3. The Bertz CT molecular complexity index is 424. The SMILES string of the molecule is COc1cc(OP(=O)(O)CN)cc(OC)c1O. The van der Waals surface area contributed by atoms with E-state index in [0.29, 0.717) is 0 Å². The second-order valence-electron chi connectivity index (χ2n) is 3.09. The summed E-state index contributed by atoms with van der Waals surface area (Å²) in [5, 5.41) is 9.61. The number of nitrogens with two attached hydrogens (primary N) is 1. The molecule has 1 atom stereocenters. The van der Waals surface area contributed by atoms with E-state index in [1.807, 2.05) is 0 Å². The molecule has 0 saturated heterocycles. The number of ether oxygens (including phenoxy) is 2. The molecule has 96 valence electrons. The van der Waals surface area contributed by atoms with E-state index in [1.54, 1.807) is 0 Å². The van der Waals surface area contributed by atoms with E-state index >= 15 is 0 Å². The quantitative estimate of drug-likeness (QED) is 0.676. The lowest BCUT2D eigenvalue weighted by Gasteiger charge is -2.14. The van der Waals surface area contributed by atoms with Crippen LogP contribution in [0.25, 0.3) is 0 Å². The van der Waals surface area contributed by atoms with E-state index in [9.17, 15) is 14.6 Å². The number of aromatic hydroxyl groups is 1. The summed E-state index contributed by atoms with van der Waals surface area (Å²) in [6, 6.07) is 2.52. The van der Waals surface area contributed by atoms with Gasteiger partial charge in [-0.25, -0.2) is 4.57 Å². The molecule has 0 aromatic heterocycles. The Morgan fingerprint density at radius 2 is 1.76 bits per heavy atom. The maximum atomic E-state index is 11.3. The molecule has 17 heavy (non-hydrogen) atoms. The highest BCUT2D eigenvalue weighted by Gasteiger charge is 2.20. The van der Waals surface area contributed by atoms with Gasteiger partial charge in [0.1, 0.15) is 12.0 Å². The van der Waals surface area contributed by atoms with Crippen molar-refractivity contribution in [1.82, 2.24) is 0 Å². The van der Waals surface area contributed by atoms with E-state index < -0.39 is 13.9 Å². The first-order valence-electron chi connectivity index (χ1n) is 4.60. The van der Waals surface area contributed by atoms with Gasteiger partial charge in [0.2, 0.25) is 5.75 Å². The summed E-state index contributed by atoms with van der Waals surface area (Å²) in [5.74, 6) is -0.0663. The van der Waals surface area contributed by atoms with Crippen LogP contribution in [0.1, 0.15) is 0 Å². The lowest BCUT2D eigenvalue weighted by molar-refractivity contribution is 0.334. The van der Waals surface area contributed by atoms with Gasteiger partial charge >= 0.3 is 7.60 Å². The largest absolute Gasteiger partial charge is 0.502 e. The second-order valence-corrected chi connectivity index (χ2v) is 4.91. The standard InChI is InChI=1S/C9H14NO6P/c1-14-7-3-6(16-17(12,13)5-10)4-8(15-2)9(7)11/h3-4,11H,5,10H2,1-2H3,(H,12,13). The van der Waals surface area contributed by atoms with Crippen molar-refractivity contribution in [3.8, 4) is 23.0 Å². The topological polar surface area (TPSA) is 111 Å². The number of phenols is 1. The molecule has 4 N–H and O–H groups in total. The minimum Gasteiger partial charge on any atom is -0.502 e. The molecule has 0 aliphatic rings. The molecule has 0 radical (unpaired) electrons. The fraction of sp³-hybridized carbons (Fsp3) is 0.333. The van der Waals surface area contributed by atoms with Crippen LogP contribution in [0, 0.1) is 0 Å². The minimum atomic E-state index is -3.89. The van der Waals surface area contributed by atoms with Gasteiger partial charge in [0, 0.05) is 12.1 Å². The highest BCUT2D eigenvalue weighted by molar-refractivity contribution is 7.53. The molecule has 0 saturated carbocycles. The van der Waals surface area contributed by atoms with Gasteiger partial charge in [-0.2, -0.15) is 0 Å². The third-order valence-electron chi connectivity index (χ3n) is 1.93. The monoisotopic (exact) mass is 263 g/mol. The number of phenolic OH excluding ortho intramolecular Hbond substituents is 1. The molecule has 0 aliphatic heterocycles. The number of rotatable bonds is 5. The molecular formula is C9H14NO6P. The molecule has 1 aromatic rings. The Hall–Kier alpha value is -1.43. The van der Waals surface area contributed by atoms with Gasteiger partial charge in [-0.3, -0.25) is 0 Å². The van der Waals surface area contributed by atoms with Crippen molar-refractivity contribution in [2.24, 2.45) is 5.73 Å². The Morgan fingerprint density at radius 1 is 1.29 bits per heavy atom. The summed E-state index contributed by atoms with van der Waals surface area (Å²) < 4.78 is 25.8. The Balaban J connectivity index is 3.14. The number of methoxy groups -OCH3 is 2. The lowest BCUT2D eigenvalue weighted by atomic mass is 10.3. The molecule has 1 aromatic carbocycles. The Kier molecular flexibility index (Phi) is 4.22. The zero-order chi connectivity index (χ0) is 13.1. The lowest BCUT2D eigenvalue weighted by Crippen LogP contribution is -2.05. The van der Waals surface area contributed by atoms with Crippen LogP contribution in [0.5, 0.6) is 23.0 Å². The molecule has 0 fully saturated rings. The van der Waals surface area contributed by atoms with Gasteiger partial charge in [-0.1, -0.05) is 0 Å². The van der Waals surface area contributed by atoms with Crippen LogP contribution >= 0.6 is 7.60 Å². The molecule has 1 unspecified atom stereocenters. The third kappa shape index (κ3) is 3.26. The van der Waals surface area contributed by atoms with E-state index in [2.05, 4.69) is 0 Å². The van der Waals surface area contributed by atoms with Crippen LogP contribution in [-0.4, -0.2) is 30.5 Å². The molecule has 0 aliphatic carbocycles. The first kappa shape index (κ1) is 13.6. The number of benzene rings is 1. The van der Waals surface area contributed by atoms with Gasteiger partial charge in [-0.15, -0.1) is 0 Å². The molecule has 0 heterocycles. The first-order chi connectivity index (χ1) is 7.93. The number of hydrogen-bond donors (Lipinski definition) is 3. The highest BCUT2D eigenvalue weighted by Crippen LogP contribution is 2.46. The zero-order valence-electron chi connectivity index (χ0n) is 9.41. The van der Waals surface area contributed by atoms with Crippen molar-refractivity contribution in [1.29, 1.82) is 0 Å². The van der Waals surface area contributed by atoms with Gasteiger partial charge < -0.3 is 29.7 Å². The van der Waals surface area contributed by atoms with Crippen molar-refractivity contribution in [3.05, 3.63) is 12.1 Å². The van der Waals surface area contributed by atoms with E-state index in [1.165, 1.54) is 26.4 Å². The Labute approximate surface area is 98.3 Å². The average molecular weight is 263 g/mol. The smallest absolute Gasteiger partial charge is 0.390 e.